The predicted molar refractivity (Wildman–Crippen MR) is 105 cm³/mol. The van der Waals surface area contributed by atoms with Gasteiger partial charge in [-0.2, -0.15) is 4.31 Å². The molecule has 2 aromatic rings. The maximum Gasteiger partial charge on any atom is 0.248 e. The topological polar surface area (TPSA) is 79.6 Å². The van der Waals surface area contributed by atoms with Gasteiger partial charge in [0.2, 0.25) is 15.9 Å². The van der Waals surface area contributed by atoms with Crippen molar-refractivity contribution in [3.05, 3.63) is 54.5 Å². The minimum atomic E-state index is -3.52. The zero-order valence-electron chi connectivity index (χ0n) is 15.5. The van der Waals surface area contributed by atoms with Crippen LogP contribution < -0.4 is 5.32 Å². The molecule has 2 atom stereocenters. The first-order valence-corrected chi connectivity index (χ1v) is 10.4. The maximum absolute atomic E-state index is 12.9. The zero-order chi connectivity index (χ0) is 19.4. The Labute approximate surface area is 159 Å². The second-order valence-corrected chi connectivity index (χ2v) is 9.07. The normalized spacial score (nSPS) is 21.4. The molecule has 1 aromatic carbocycles. The van der Waals surface area contributed by atoms with Gasteiger partial charge in [0, 0.05) is 24.9 Å². The molecule has 0 aliphatic carbocycles. The molecule has 0 radical (unpaired) electrons. The number of carbonyl (C=O) groups excluding carboxylic acids is 1. The Morgan fingerprint density at radius 3 is 2.41 bits per heavy atom. The molecule has 0 unspecified atom stereocenters. The van der Waals surface area contributed by atoms with Crippen molar-refractivity contribution in [1.82, 2.24) is 4.31 Å². The van der Waals surface area contributed by atoms with Gasteiger partial charge in [0.25, 0.3) is 0 Å². The zero-order valence-corrected chi connectivity index (χ0v) is 16.3. The second-order valence-electron chi connectivity index (χ2n) is 7.13. The van der Waals surface area contributed by atoms with E-state index in [2.05, 4.69) is 19.2 Å². The summed E-state index contributed by atoms with van der Waals surface area (Å²) in [5, 5.41) is 2.70. The lowest BCUT2D eigenvalue weighted by atomic mass is 9.94. The van der Waals surface area contributed by atoms with Gasteiger partial charge in [-0.05, 0) is 60.7 Å². The summed E-state index contributed by atoms with van der Waals surface area (Å²) in [5.41, 5.74) is 0.531. The molecule has 1 saturated heterocycles. The molecule has 1 aromatic heterocycles. The van der Waals surface area contributed by atoms with E-state index in [0.29, 0.717) is 36.4 Å². The Balaban J connectivity index is 1.66. The van der Waals surface area contributed by atoms with Crippen molar-refractivity contribution in [1.29, 1.82) is 0 Å². The summed E-state index contributed by atoms with van der Waals surface area (Å²) >= 11 is 0. The predicted octanol–water partition coefficient (Wildman–Crippen LogP) is 3.60. The molecular weight excluding hydrogens is 364 g/mol. The van der Waals surface area contributed by atoms with Crippen molar-refractivity contribution in [2.24, 2.45) is 11.8 Å². The Kier molecular flexibility index (Phi) is 5.82. The van der Waals surface area contributed by atoms with Crippen LogP contribution in [-0.4, -0.2) is 31.7 Å². The van der Waals surface area contributed by atoms with E-state index in [1.54, 1.807) is 34.6 Å². The second kappa shape index (κ2) is 8.10. The molecule has 0 saturated carbocycles. The van der Waals surface area contributed by atoms with Crippen LogP contribution in [0, 0.1) is 11.8 Å². The highest BCUT2D eigenvalue weighted by Crippen LogP contribution is 2.27. The Morgan fingerprint density at radius 2 is 1.81 bits per heavy atom. The molecule has 1 fully saturated rings. The summed E-state index contributed by atoms with van der Waals surface area (Å²) in [6.07, 6.45) is 5.50. The fraction of sp³-hybridized carbons (Fsp3) is 0.350. The van der Waals surface area contributed by atoms with Crippen LogP contribution in [0.2, 0.25) is 0 Å². The number of hydrogen-bond donors (Lipinski definition) is 1. The smallest absolute Gasteiger partial charge is 0.248 e. The third kappa shape index (κ3) is 4.87. The molecule has 1 aliphatic heterocycles. The number of nitrogens with zero attached hydrogens (tertiary/aromatic N) is 1. The highest BCUT2D eigenvalue weighted by atomic mass is 32.2. The molecule has 3 rings (SSSR count). The highest BCUT2D eigenvalue weighted by molar-refractivity contribution is 7.89. The van der Waals surface area contributed by atoms with E-state index in [9.17, 15) is 13.2 Å². The lowest BCUT2D eigenvalue weighted by Gasteiger charge is -2.34. The SMILES string of the molecule is C[C@@H]1C[C@H](C)CN(S(=O)(=O)c2ccc(NC(=O)/C=C/c3ccco3)cc2)C1. The van der Waals surface area contributed by atoms with E-state index in [-0.39, 0.29) is 10.8 Å². The van der Waals surface area contributed by atoms with Gasteiger partial charge in [-0.25, -0.2) is 8.42 Å². The maximum atomic E-state index is 12.9. The average Bonchev–Trinajstić information content (AvgIpc) is 3.13. The van der Waals surface area contributed by atoms with Gasteiger partial charge in [-0.3, -0.25) is 4.79 Å². The van der Waals surface area contributed by atoms with E-state index in [1.165, 1.54) is 24.5 Å². The van der Waals surface area contributed by atoms with E-state index in [1.807, 2.05) is 0 Å². The van der Waals surface area contributed by atoms with Crippen LogP contribution in [0.5, 0.6) is 0 Å². The molecule has 2 heterocycles. The first kappa shape index (κ1) is 19.4. The van der Waals surface area contributed by atoms with Crippen LogP contribution in [0.15, 0.2) is 58.1 Å². The summed E-state index contributed by atoms with van der Waals surface area (Å²) in [6, 6.07) is 9.74. The van der Waals surface area contributed by atoms with Gasteiger partial charge in [-0.15, -0.1) is 0 Å². The Morgan fingerprint density at radius 1 is 1.15 bits per heavy atom. The van der Waals surface area contributed by atoms with Gasteiger partial charge in [0.15, 0.2) is 0 Å². The largest absolute Gasteiger partial charge is 0.465 e. The molecule has 1 aliphatic rings. The standard InChI is InChI=1S/C20H24N2O4S/c1-15-12-16(2)14-22(13-15)27(24,25)19-8-5-17(6-9-19)21-20(23)10-7-18-4-3-11-26-18/h3-11,15-16H,12-14H2,1-2H3,(H,21,23)/b10-7+/t15-,16+. The van der Waals surface area contributed by atoms with E-state index in [0.717, 1.165) is 6.42 Å². The Hall–Kier alpha value is -2.38. The molecule has 7 heteroatoms. The third-order valence-corrected chi connectivity index (χ3v) is 6.38. The molecule has 0 spiro atoms. The fourth-order valence-corrected chi connectivity index (χ4v) is 5.07. The first-order valence-electron chi connectivity index (χ1n) is 8.97. The summed E-state index contributed by atoms with van der Waals surface area (Å²) in [6.45, 7) is 5.24. The highest BCUT2D eigenvalue weighted by Gasteiger charge is 2.31. The van der Waals surface area contributed by atoms with Gasteiger partial charge in [0.05, 0.1) is 11.2 Å². The lowest BCUT2D eigenvalue weighted by Crippen LogP contribution is -2.42. The van der Waals surface area contributed by atoms with Crippen molar-refractivity contribution < 1.29 is 17.6 Å². The summed E-state index contributed by atoms with van der Waals surface area (Å²) in [7, 11) is -3.52. The number of benzene rings is 1. The van der Waals surface area contributed by atoms with E-state index in [4.69, 9.17) is 4.42 Å². The van der Waals surface area contributed by atoms with Crippen LogP contribution in [0.3, 0.4) is 0 Å². The monoisotopic (exact) mass is 388 g/mol. The Bertz CT molecular complexity index is 892. The molecular formula is C20H24N2O4S. The molecule has 1 amide bonds. The molecule has 1 N–H and O–H groups in total. The number of sulfonamides is 1. The van der Waals surface area contributed by atoms with E-state index >= 15 is 0 Å². The van der Waals surface area contributed by atoms with Crippen molar-refractivity contribution in [3.8, 4) is 0 Å². The van der Waals surface area contributed by atoms with Crippen molar-refractivity contribution in [2.75, 3.05) is 18.4 Å². The quantitative estimate of drug-likeness (QED) is 0.794. The van der Waals surface area contributed by atoms with Gasteiger partial charge in [0.1, 0.15) is 5.76 Å². The van der Waals surface area contributed by atoms with Crippen LogP contribution in [0.1, 0.15) is 26.0 Å². The van der Waals surface area contributed by atoms with Gasteiger partial charge >= 0.3 is 0 Å². The van der Waals surface area contributed by atoms with Gasteiger partial charge in [-0.1, -0.05) is 13.8 Å². The van der Waals surface area contributed by atoms with Crippen molar-refractivity contribution >= 4 is 27.7 Å². The summed E-state index contributed by atoms with van der Waals surface area (Å²) in [5.74, 6) is 0.961. The number of rotatable bonds is 5. The first-order chi connectivity index (χ1) is 12.8. The number of amides is 1. The fourth-order valence-electron chi connectivity index (χ4n) is 3.39. The number of piperidine rings is 1. The lowest BCUT2D eigenvalue weighted by molar-refractivity contribution is -0.111. The van der Waals surface area contributed by atoms with Crippen LogP contribution in [-0.2, 0) is 14.8 Å². The van der Waals surface area contributed by atoms with Crippen LogP contribution in [0.4, 0.5) is 5.69 Å². The number of hydrogen-bond acceptors (Lipinski definition) is 4. The molecule has 0 bridgehead atoms. The average molecular weight is 388 g/mol. The minimum absolute atomic E-state index is 0.243. The number of carbonyl (C=O) groups is 1. The molecule has 27 heavy (non-hydrogen) atoms. The molecule has 144 valence electrons. The number of anilines is 1. The third-order valence-electron chi connectivity index (χ3n) is 4.54. The van der Waals surface area contributed by atoms with E-state index < -0.39 is 10.0 Å². The van der Waals surface area contributed by atoms with Crippen molar-refractivity contribution in [2.45, 2.75) is 25.2 Å². The van der Waals surface area contributed by atoms with Gasteiger partial charge < -0.3 is 9.73 Å². The van der Waals surface area contributed by atoms with Crippen LogP contribution in [0.25, 0.3) is 6.08 Å². The minimum Gasteiger partial charge on any atom is -0.465 e. The van der Waals surface area contributed by atoms with Crippen LogP contribution >= 0.6 is 0 Å². The van der Waals surface area contributed by atoms with Crippen molar-refractivity contribution in [3.63, 3.8) is 0 Å². The molecule has 6 nitrogen and oxygen atoms in total. The summed E-state index contributed by atoms with van der Waals surface area (Å²) in [4.78, 5) is 12.2. The number of nitrogens with one attached hydrogen (secondary N) is 1. The summed E-state index contributed by atoms with van der Waals surface area (Å²) < 4.78 is 32.4. The number of furan rings is 1.